The minimum absolute atomic E-state index is 0. The first kappa shape index (κ1) is 31.1. The fraction of sp³-hybridized carbons (Fsp3) is 0.500. The third-order valence-electron chi connectivity index (χ3n) is 5.86. The predicted octanol–water partition coefficient (Wildman–Crippen LogP) is 5.73. The highest BCUT2D eigenvalue weighted by molar-refractivity contribution is 5.95. The summed E-state index contributed by atoms with van der Waals surface area (Å²) < 4.78 is 52.1. The largest absolute Gasteiger partial charge is 0.494 e. The first-order valence-electron chi connectivity index (χ1n) is 13.0. The molecule has 2 heterocycles. The molecule has 1 aromatic carbocycles. The van der Waals surface area contributed by atoms with Crippen LogP contribution in [0.2, 0.25) is 0 Å². The molecule has 10 heteroatoms. The Hall–Kier alpha value is -3.11. The smallest absolute Gasteiger partial charge is 0.213 e. The summed E-state index contributed by atoms with van der Waals surface area (Å²) in [6.07, 6.45) is 3.12. The van der Waals surface area contributed by atoms with E-state index in [1.807, 2.05) is 38.9 Å². The van der Waals surface area contributed by atoms with Crippen LogP contribution in [0, 0.1) is 5.82 Å². The van der Waals surface area contributed by atoms with E-state index in [9.17, 15) is 13.2 Å². The van der Waals surface area contributed by atoms with E-state index in [0.29, 0.717) is 72.9 Å². The van der Waals surface area contributed by atoms with Gasteiger partial charge in [-0.25, -0.2) is 23.1 Å². The number of nitrogens with one attached hydrogen (secondary N) is 1. The van der Waals surface area contributed by atoms with Crippen molar-refractivity contribution in [2.75, 3.05) is 72.4 Å². The summed E-state index contributed by atoms with van der Waals surface area (Å²) in [5, 5.41) is 3.49. The van der Waals surface area contributed by atoms with Crippen molar-refractivity contribution in [2.45, 2.75) is 26.7 Å². The average Bonchev–Trinajstić information content (AvgIpc) is 2.94. The molecule has 0 unspecified atom stereocenters. The number of aromatic nitrogens is 2. The molecular formula is C28H42F3N5O2. The lowest BCUT2D eigenvalue weighted by molar-refractivity contribution is 0.289. The molecule has 0 bridgehead atoms. The molecule has 0 saturated heterocycles. The molecule has 3 rings (SSSR count). The van der Waals surface area contributed by atoms with Crippen LogP contribution in [0.5, 0.6) is 11.6 Å². The molecule has 0 radical (unpaired) electrons. The van der Waals surface area contributed by atoms with Gasteiger partial charge in [-0.1, -0.05) is 13.8 Å². The molecule has 7 nitrogen and oxygen atoms in total. The van der Waals surface area contributed by atoms with Crippen LogP contribution in [0.15, 0.2) is 36.5 Å². The van der Waals surface area contributed by atoms with Gasteiger partial charge in [0.25, 0.3) is 0 Å². The standard InChI is InChI=1S/C26H34F3N5O2.C2H6.H2/c1-30-9-13-36-26-7-6-19(17-31-26)22-15-24(20-14-21(29)25(35-3)16-23(20)32-22)34(18-28)11-5-4-10-33(2)12-8-27;1-2;/h6-7,14-17,30H,4-5,8-13,18H2,1-3H3;1-2H3;1H. The molecule has 0 amide bonds. The number of nitrogens with zero attached hydrogens (tertiary/aromatic N) is 4. The fourth-order valence-corrected chi connectivity index (χ4v) is 3.84. The summed E-state index contributed by atoms with van der Waals surface area (Å²) in [7, 11) is 5.09. The number of hydrogen-bond donors (Lipinski definition) is 1. The van der Waals surface area contributed by atoms with E-state index in [0.717, 1.165) is 6.42 Å². The lowest BCUT2D eigenvalue weighted by atomic mass is 10.1. The number of ether oxygens (including phenoxy) is 2. The van der Waals surface area contributed by atoms with Crippen molar-refractivity contribution in [3.8, 4) is 22.9 Å². The minimum Gasteiger partial charge on any atom is -0.494 e. The maximum atomic E-state index is 14.6. The Kier molecular flexibility index (Phi) is 13.7. The first-order chi connectivity index (χ1) is 18.5. The normalized spacial score (nSPS) is 10.9. The van der Waals surface area contributed by atoms with Gasteiger partial charge in [0.15, 0.2) is 18.4 Å². The molecular weight excluding hydrogens is 495 g/mol. The van der Waals surface area contributed by atoms with Gasteiger partial charge in [-0.2, -0.15) is 0 Å². The molecule has 3 aromatic rings. The Bertz CT molecular complexity index is 1110. The van der Waals surface area contributed by atoms with Crippen molar-refractivity contribution in [1.29, 1.82) is 0 Å². The van der Waals surface area contributed by atoms with Gasteiger partial charge < -0.3 is 24.6 Å². The number of benzene rings is 1. The number of rotatable bonds is 15. The van der Waals surface area contributed by atoms with Crippen molar-refractivity contribution in [3.05, 3.63) is 42.3 Å². The van der Waals surface area contributed by atoms with Crippen LogP contribution >= 0.6 is 0 Å². The Balaban J connectivity index is 0.00000248. The predicted molar refractivity (Wildman–Crippen MR) is 150 cm³/mol. The molecule has 0 aliphatic rings. The van der Waals surface area contributed by atoms with Gasteiger partial charge in [0.1, 0.15) is 13.3 Å². The topological polar surface area (TPSA) is 62.8 Å². The molecule has 0 aliphatic heterocycles. The van der Waals surface area contributed by atoms with Crippen LogP contribution in [0.25, 0.3) is 22.2 Å². The minimum atomic E-state index is -0.747. The van der Waals surface area contributed by atoms with Crippen LogP contribution in [-0.2, 0) is 0 Å². The lowest BCUT2D eigenvalue weighted by Gasteiger charge is -2.24. The van der Waals surface area contributed by atoms with Crippen LogP contribution < -0.4 is 19.7 Å². The number of anilines is 1. The van der Waals surface area contributed by atoms with Gasteiger partial charge in [0.05, 0.1) is 24.0 Å². The fourth-order valence-electron chi connectivity index (χ4n) is 3.84. The Morgan fingerprint density at radius 3 is 2.45 bits per heavy atom. The Labute approximate surface area is 225 Å². The van der Waals surface area contributed by atoms with Crippen LogP contribution in [0.3, 0.4) is 0 Å². The Morgan fingerprint density at radius 1 is 1.05 bits per heavy atom. The molecule has 0 fully saturated rings. The highest BCUT2D eigenvalue weighted by Gasteiger charge is 2.17. The van der Waals surface area contributed by atoms with E-state index in [4.69, 9.17) is 9.47 Å². The second-order valence-corrected chi connectivity index (χ2v) is 8.45. The molecule has 38 heavy (non-hydrogen) atoms. The molecule has 1 N–H and O–H groups in total. The third-order valence-corrected chi connectivity index (χ3v) is 5.86. The monoisotopic (exact) mass is 537 g/mol. The SMILES string of the molecule is CC.CNCCOc1ccc(-c2cc(N(CF)CCCCN(C)CCF)c3cc(F)c(OC)cc3n2)cn1.[HH]. The lowest BCUT2D eigenvalue weighted by Crippen LogP contribution is -2.26. The quantitative estimate of drug-likeness (QED) is 0.196. The van der Waals surface area contributed by atoms with E-state index in [2.05, 4.69) is 15.3 Å². The molecule has 0 saturated carbocycles. The number of halogens is 3. The molecule has 0 spiro atoms. The summed E-state index contributed by atoms with van der Waals surface area (Å²) in [5.41, 5.74) is 2.30. The van der Waals surface area contributed by atoms with Crippen molar-refractivity contribution in [2.24, 2.45) is 0 Å². The van der Waals surface area contributed by atoms with Gasteiger partial charge in [-0.15, -0.1) is 0 Å². The number of fused-ring (bicyclic) bond motifs is 1. The van der Waals surface area contributed by atoms with Gasteiger partial charge in [-0.3, -0.25) is 0 Å². The van der Waals surface area contributed by atoms with Crippen LogP contribution in [0.4, 0.5) is 18.9 Å². The average molecular weight is 538 g/mol. The van der Waals surface area contributed by atoms with Gasteiger partial charge in [-0.05, 0) is 51.7 Å². The number of unbranched alkanes of at least 4 members (excludes halogenated alkanes) is 1. The van der Waals surface area contributed by atoms with Crippen molar-refractivity contribution in [3.63, 3.8) is 0 Å². The third kappa shape index (κ3) is 8.73. The number of likely N-dealkylation sites (N-methyl/N-ethyl adjacent to an activating group) is 1. The zero-order chi connectivity index (χ0) is 27.9. The second-order valence-electron chi connectivity index (χ2n) is 8.45. The molecule has 212 valence electrons. The van der Waals surface area contributed by atoms with Crippen LogP contribution in [-0.4, -0.2) is 82.3 Å². The summed E-state index contributed by atoms with van der Waals surface area (Å²) in [6, 6.07) is 8.18. The number of hydrogen-bond acceptors (Lipinski definition) is 7. The van der Waals surface area contributed by atoms with Crippen molar-refractivity contribution in [1.82, 2.24) is 20.2 Å². The van der Waals surface area contributed by atoms with E-state index in [1.165, 1.54) is 19.2 Å². The number of alkyl halides is 2. The summed E-state index contributed by atoms with van der Waals surface area (Å²) in [5.74, 6) is 0.00580. The molecule has 0 atom stereocenters. The maximum Gasteiger partial charge on any atom is 0.213 e. The second kappa shape index (κ2) is 16.7. The van der Waals surface area contributed by atoms with E-state index in [1.54, 1.807) is 23.2 Å². The van der Waals surface area contributed by atoms with Gasteiger partial charge in [0, 0.05) is 50.3 Å². The first-order valence-corrected chi connectivity index (χ1v) is 13.0. The molecule has 0 aliphatic carbocycles. The molecule has 2 aromatic heterocycles. The summed E-state index contributed by atoms with van der Waals surface area (Å²) in [6.45, 7) is 5.55. The highest BCUT2D eigenvalue weighted by atomic mass is 19.1. The Morgan fingerprint density at radius 2 is 1.82 bits per heavy atom. The maximum absolute atomic E-state index is 14.6. The summed E-state index contributed by atoms with van der Waals surface area (Å²) >= 11 is 0. The number of methoxy groups -OCH3 is 1. The number of pyridine rings is 2. The van der Waals surface area contributed by atoms with E-state index >= 15 is 0 Å². The zero-order valence-electron chi connectivity index (χ0n) is 23.1. The van der Waals surface area contributed by atoms with E-state index < -0.39 is 19.3 Å². The van der Waals surface area contributed by atoms with Gasteiger partial charge in [0.2, 0.25) is 5.88 Å². The summed E-state index contributed by atoms with van der Waals surface area (Å²) in [4.78, 5) is 12.5. The van der Waals surface area contributed by atoms with Gasteiger partial charge >= 0.3 is 0 Å². The van der Waals surface area contributed by atoms with E-state index in [-0.39, 0.29) is 7.18 Å². The highest BCUT2D eigenvalue weighted by Crippen LogP contribution is 2.34. The van der Waals surface area contributed by atoms with Crippen LogP contribution in [0.1, 0.15) is 28.1 Å². The zero-order valence-corrected chi connectivity index (χ0v) is 23.1. The van der Waals surface area contributed by atoms with Crippen molar-refractivity contribution >= 4 is 16.6 Å². The van der Waals surface area contributed by atoms with Crippen molar-refractivity contribution < 1.29 is 24.1 Å².